The summed E-state index contributed by atoms with van der Waals surface area (Å²) in [5, 5.41) is 7.35. The maximum atomic E-state index is 7.25. The third kappa shape index (κ3) is 2.76. The molecule has 0 bridgehead atoms. The summed E-state index contributed by atoms with van der Waals surface area (Å²) in [4.78, 5) is 4.33. The number of ether oxygens (including phenoxy) is 2. The van der Waals surface area contributed by atoms with Crippen molar-refractivity contribution in [2.45, 2.75) is 38.9 Å². The number of nitrogens with one attached hydrogen (secondary N) is 1. The number of nitrogens with zero attached hydrogens (tertiary/aromatic N) is 1. The van der Waals surface area contributed by atoms with E-state index >= 15 is 0 Å². The topological polar surface area (TPSA) is 81.2 Å². The summed E-state index contributed by atoms with van der Waals surface area (Å²) in [7, 11) is 0. The molecule has 0 saturated heterocycles. The van der Waals surface area contributed by atoms with E-state index in [-0.39, 0.29) is 5.17 Å². The van der Waals surface area contributed by atoms with Gasteiger partial charge in [-0.05, 0) is 12.5 Å². The zero-order valence-corrected chi connectivity index (χ0v) is 11.6. The molecule has 2 heterocycles. The summed E-state index contributed by atoms with van der Waals surface area (Å²) in [6.07, 6.45) is 1.80. The molecule has 98 valence electrons. The Hall–Kier alpha value is -1.27. The van der Waals surface area contributed by atoms with Crippen LogP contribution in [0, 0.1) is 12.3 Å². The fourth-order valence-electron chi connectivity index (χ4n) is 1.77. The second kappa shape index (κ2) is 4.78. The van der Waals surface area contributed by atoms with Crippen LogP contribution in [-0.2, 0) is 17.1 Å². The van der Waals surface area contributed by atoms with Gasteiger partial charge in [0.2, 0.25) is 5.79 Å². The van der Waals surface area contributed by atoms with Crippen molar-refractivity contribution >= 4 is 16.9 Å². The van der Waals surface area contributed by atoms with Crippen LogP contribution in [-0.4, -0.2) is 15.9 Å². The first-order valence-electron chi connectivity index (χ1n) is 5.66. The number of nitrogens with two attached hydrogens (primary N) is 1. The van der Waals surface area contributed by atoms with Crippen LogP contribution in [0.4, 0.5) is 0 Å². The van der Waals surface area contributed by atoms with Crippen molar-refractivity contribution < 1.29 is 9.47 Å². The first-order valence-corrected chi connectivity index (χ1v) is 6.65. The molecule has 1 aromatic rings. The lowest BCUT2D eigenvalue weighted by Gasteiger charge is -2.34. The van der Waals surface area contributed by atoms with E-state index in [1.807, 2.05) is 20.8 Å². The van der Waals surface area contributed by atoms with Gasteiger partial charge in [-0.2, -0.15) is 0 Å². The van der Waals surface area contributed by atoms with Crippen LogP contribution in [0.25, 0.3) is 0 Å². The van der Waals surface area contributed by atoms with E-state index in [0.29, 0.717) is 12.4 Å². The Balaban J connectivity index is 2.32. The highest BCUT2D eigenvalue weighted by molar-refractivity contribution is 8.13. The van der Waals surface area contributed by atoms with E-state index in [1.54, 1.807) is 6.20 Å². The van der Waals surface area contributed by atoms with Crippen LogP contribution in [0.15, 0.2) is 6.20 Å². The summed E-state index contributed by atoms with van der Waals surface area (Å²) in [5.74, 6) is 0.789. The molecule has 1 aromatic heterocycles. The molecule has 1 aliphatic rings. The predicted octanol–water partition coefficient (Wildman–Crippen LogP) is 2.16. The van der Waals surface area contributed by atoms with Crippen molar-refractivity contribution in [2.75, 3.05) is 0 Å². The van der Waals surface area contributed by atoms with Gasteiger partial charge in [-0.1, -0.05) is 11.8 Å². The molecule has 0 spiro atoms. The Labute approximate surface area is 111 Å². The van der Waals surface area contributed by atoms with Crippen LogP contribution >= 0.6 is 11.8 Å². The molecule has 2 rings (SSSR count). The van der Waals surface area contributed by atoms with Gasteiger partial charge in [0.1, 0.15) is 5.75 Å². The standard InChI is InChI=1S/C12H17N3O2S/c1-7-10-9(5-16-12(2,3)17-10)8(4-15-7)6-18-11(13)14/h4H,5-6H2,1-3H3,(H3,13,14). The van der Waals surface area contributed by atoms with Crippen molar-refractivity contribution in [3.8, 4) is 5.75 Å². The van der Waals surface area contributed by atoms with E-state index in [4.69, 9.17) is 20.6 Å². The van der Waals surface area contributed by atoms with Crippen molar-refractivity contribution in [3.05, 3.63) is 23.0 Å². The van der Waals surface area contributed by atoms with Gasteiger partial charge in [0, 0.05) is 31.4 Å². The van der Waals surface area contributed by atoms with E-state index in [9.17, 15) is 0 Å². The maximum absolute atomic E-state index is 7.25. The quantitative estimate of drug-likeness (QED) is 0.634. The smallest absolute Gasteiger partial charge is 0.205 e. The number of aryl methyl sites for hydroxylation is 1. The van der Waals surface area contributed by atoms with Crippen molar-refractivity contribution in [1.82, 2.24) is 4.98 Å². The number of aromatic nitrogens is 1. The summed E-state index contributed by atoms with van der Waals surface area (Å²) in [5.41, 5.74) is 8.23. The average Bonchev–Trinajstić information content (AvgIpc) is 2.28. The Bertz CT molecular complexity index is 488. The molecule has 0 saturated carbocycles. The summed E-state index contributed by atoms with van der Waals surface area (Å²) >= 11 is 1.27. The third-order valence-electron chi connectivity index (χ3n) is 2.70. The molecule has 0 amide bonds. The van der Waals surface area contributed by atoms with Gasteiger partial charge in [-0.15, -0.1) is 0 Å². The first kappa shape index (κ1) is 13.2. The molecule has 0 aromatic carbocycles. The molecular formula is C12H17N3O2S. The second-order valence-corrected chi connectivity index (χ2v) is 5.64. The molecule has 6 heteroatoms. The number of pyridine rings is 1. The Morgan fingerprint density at radius 1 is 1.61 bits per heavy atom. The summed E-state index contributed by atoms with van der Waals surface area (Å²) in [6.45, 7) is 6.18. The lowest BCUT2D eigenvalue weighted by Crippen LogP contribution is -2.36. The van der Waals surface area contributed by atoms with Gasteiger partial charge in [0.25, 0.3) is 0 Å². The van der Waals surface area contributed by atoms with Crippen LogP contribution in [0.3, 0.4) is 0 Å². The monoisotopic (exact) mass is 267 g/mol. The number of fused-ring (bicyclic) bond motifs is 1. The van der Waals surface area contributed by atoms with Gasteiger partial charge >= 0.3 is 0 Å². The lowest BCUT2D eigenvalue weighted by atomic mass is 10.1. The fraction of sp³-hybridized carbons (Fsp3) is 0.500. The average molecular weight is 267 g/mol. The number of hydrogen-bond acceptors (Lipinski definition) is 5. The van der Waals surface area contributed by atoms with Gasteiger partial charge < -0.3 is 15.2 Å². The minimum absolute atomic E-state index is 0.0994. The highest BCUT2D eigenvalue weighted by Gasteiger charge is 2.30. The molecule has 1 aliphatic heterocycles. The van der Waals surface area contributed by atoms with Gasteiger partial charge in [0.05, 0.1) is 12.3 Å². The lowest BCUT2D eigenvalue weighted by molar-refractivity contribution is -0.180. The SMILES string of the molecule is Cc1ncc(CSC(=N)N)c2c1OC(C)(C)OC2. The first-order chi connectivity index (χ1) is 8.39. The second-order valence-electron chi connectivity index (χ2n) is 4.62. The Morgan fingerprint density at radius 3 is 3.00 bits per heavy atom. The molecule has 0 atom stereocenters. The maximum Gasteiger partial charge on any atom is 0.205 e. The van der Waals surface area contributed by atoms with Crippen molar-refractivity contribution in [2.24, 2.45) is 5.73 Å². The van der Waals surface area contributed by atoms with E-state index in [0.717, 1.165) is 22.6 Å². The fourth-order valence-corrected chi connectivity index (χ4v) is 2.33. The number of amidine groups is 1. The zero-order valence-electron chi connectivity index (χ0n) is 10.7. The van der Waals surface area contributed by atoms with Gasteiger partial charge in [0.15, 0.2) is 5.17 Å². The minimum atomic E-state index is -0.619. The summed E-state index contributed by atoms with van der Waals surface area (Å²) < 4.78 is 11.5. The van der Waals surface area contributed by atoms with Crippen molar-refractivity contribution in [3.63, 3.8) is 0 Å². The number of hydrogen-bond donors (Lipinski definition) is 2. The van der Waals surface area contributed by atoms with E-state index in [2.05, 4.69) is 4.98 Å². The Kier molecular flexibility index (Phi) is 3.49. The van der Waals surface area contributed by atoms with Gasteiger partial charge in [-0.3, -0.25) is 10.4 Å². The highest BCUT2D eigenvalue weighted by Crippen LogP contribution is 2.36. The van der Waals surface area contributed by atoms with Crippen LogP contribution in [0.2, 0.25) is 0 Å². The Morgan fingerprint density at radius 2 is 2.33 bits per heavy atom. The highest BCUT2D eigenvalue weighted by atomic mass is 32.2. The van der Waals surface area contributed by atoms with Crippen LogP contribution in [0.1, 0.15) is 30.7 Å². The predicted molar refractivity (Wildman–Crippen MR) is 71.7 cm³/mol. The third-order valence-corrected chi connectivity index (χ3v) is 3.47. The molecule has 0 radical (unpaired) electrons. The normalized spacial score (nSPS) is 16.8. The molecule has 18 heavy (non-hydrogen) atoms. The molecule has 3 N–H and O–H groups in total. The zero-order chi connectivity index (χ0) is 13.3. The molecule has 5 nitrogen and oxygen atoms in total. The minimum Gasteiger partial charge on any atom is -0.461 e. The molecule has 0 fully saturated rings. The summed E-state index contributed by atoms with van der Waals surface area (Å²) in [6, 6.07) is 0. The largest absolute Gasteiger partial charge is 0.461 e. The van der Waals surface area contributed by atoms with E-state index < -0.39 is 5.79 Å². The number of thioether (sulfide) groups is 1. The van der Waals surface area contributed by atoms with Crippen LogP contribution in [0.5, 0.6) is 5.75 Å². The molecular weight excluding hydrogens is 250 g/mol. The van der Waals surface area contributed by atoms with Crippen LogP contribution < -0.4 is 10.5 Å². The molecule has 0 unspecified atom stereocenters. The van der Waals surface area contributed by atoms with Crippen molar-refractivity contribution in [1.29, 1.82) is 5.41 Å². The molecule has 0 aliphatic carbocycles. The number of rotatable bonds is 2. The van der Waals surface area contributed by atoms with E-state index in [1.165, 1.54) is 11.8 Å². The van der Waals surface area contributed by atoms with Gasteiger partial charge in [-0.25, -0.2) is 0 Å².